The summed E-state index contributed by atoms with van der Waals surface area (Å²) in [4.78, 5) is 18.6. The first-order valence-electron chi connectivity index (χ1n) is 18.6. The maximum absolute atomic E-state index is 12.2. The molecule has 0 unspecified atom stereocenters. The van der Waals surface area contributed by atoms with Crippen LogP contribution in [-0.2, 0) is 36.7 Å². The molecule has 0 saturated carbocycles. The SMILES string of the molecule is CCC(C)(CC)C(=O)/C=C(\O)C(C)(CC)CC.Cc1sc2c(ccc3c4ccnc(-c5[c-]c6ccsc6c(C(C)(C)C)c5)c4sc32)c1CC(C)C.[Ir]. The van der Waals surface area contributed by atoms with E-state index in [1.54, 1.807) is 0 Å². The van der Waals surface area contributed by atoms with E-state index in [0.29, 0.717) is 5.92 Å². The Bertz CT molecular complexity index is 2220. The third kappa shape index (κ3) is 8.15. The molecule has 7 heteroatoms. The standard InChI is InChI=1S/C30H28NS3.C15H28O2.Ir/c1-16(2)13-23-17(3)33-28-21(23)8-7-20-22-9-11-31-25(27(22)34-29(20)28)19-14-18-10-12-32-26(18)24(15-19)30(4,5)6;1-7-14(5,8-2)12(16)11-13(17)15(6,9-3)10-4;/h7-12,15-16H,13H2,1-6H3;11,16H,7-10H2,1-6H3;/q-1;;/b;12-11-;. The summed E-state index contributed by atoms with van der Waals surface area (Å²) in [6, 6.07) is 15.1. The Labute approximate surface area is 337 Å². The van der Waals surface area contributed by atoms with Gasteiger partial charge in [0.05, 0.1) is 9.40 Å². The Balaban J connectivity index is 0.000000289. The van der Waals surface area contributed by atoms with E-state index in [4.69, 9.17) is 4.98 Å². The number of aromatic nitrogens is 1. The summed E-state index contributed by atoms with van der Waals surface area (Å²) < 4.78 is 5.45. The number of benzene rings is 2. The van der Waals surface area contributed by atoms with Gasteiger partial charge >= 0.3 is 0 Å². The monoisotopic (exact) mass is 931 g/mol. The predicted octanol–water partition coefficient (Wildman–Crippen LogP) is 14.8. The minimum absolute atomic E-state index is 0. The maximum Gasteiger partial charge on any atom is 0.164 e. The van der Waals surface area contributed by atoms with Crippen molar-refractivity contribution < 1.29 is 30.0 Å². The van der Waals surface area contributed by atoms with E-state index in [2.05, 4.69) is 83.3 Å². The zero-order chi connectivity index (χ0) is 37.5. The minimum Gasteiger partial charge on any atom is -0.512 e. The van der Waals surface area contributed by atoms with Gasteiger partial charge in [0.2, 0.25) is 0 Å². The molecule has 0 spiro atoms. The Morgan fingerprint density at radius 3 is 2.04 bits per heavy atom. The zero-order valence-corrected chi connectivity index (χ0v) is 37.9. The number of ketones is 1. The molecule has 4 aromatic heterocycles. The van der Waals surface area contributed by atoms with E-state index >= 15 is 0 Å². The average Bonchev–Trinajstić information content (AvgIpc) is 3.82. The summed E-state index contributed by atoms with van der Waals surface area (Å²) in [7, 11) is 0. The number of aliphatic hydroxyl groups is 1. The van der Waals surface area contributed by atoms with Gasteiger partial charge in [-0.15, -0.1) is 46.3 Å². The van der Waals surface area contributed by atoms with Gasteiger partial charge in [-0.2, -0.15) is 11.3 Å². The van der Waals surface area contributed by atoms with Crippen molar-refractivity contribution in [2.24, 2.45) is 16.7 Å². The summed E-state index contributed by atoms with van der Waals surface area (Å²) in [5.74, 6) is 0.943. The molecule has 0 saturated heterocycles. The maximum atomic E-state index is 12.2. The Morgan fingerprint density at radius 2 is 1.44 bits per heavy atom. The molecule has 0 aliphatic heterocycles. The fraction of sp³-hybridized carbons (Fsp3) is 0.467. The second kappa shape index (κ2) is 16.5. The third-order valence-electron chi connectivity index (χ3n) is 11.3. The number of hydrogen-bond donors (Lipinski definition) is 1. The van der Waals surface area contributed by atoms with Crippen molar-refractivity contribution in [3.05, 3.63) is 75.8 Å². The third-order valence-corrected chi connectivity index (χ3v) is 14.8. The fourth-order valence-electron chi connectivity index (χ4n) is 6.71. The largest absolute Gasteiger partial charge is 0.512 e. The number of carbonyl (C=O) groups is 1. The normalized spacial score (nSPS) is 12.9. The molecular weight excluding hydrogens is 875 g/mol. The molecular formula is C45H56IrNO2S3-. The van der Waals surface area contributed by atoms with Crippen LogP contribution in [0, 0.1) is 29.7 Å². The Hall–Kier alpha value is -2.41. The smallest absolute Gasteiger partial charge is 0.164 e. The van der Waals surface area contributed by atoms with E-state index < -0.39 is 0 Å². The van der Waals surface area contributed by atoms with E-state index in [0.717, 1.165) is 43.4 Å². The Kier molecular flexibility index (Phi) is 13.5. The van der Waals surface area contributed by atoms with Crippen LogP contribution in [0.15, 0.2) is 53.7 Å². The molecule has 6 aromatic rings. The fourth-order valence-corrected chi connectivity index (χ4v) is 10.4. The van der Waals surface area contributed by atoms with Crippen molar-refractivity contribution in [3.63, 3.8) is 0 Å². The number of pyridine rings is 1. The summed E-state index contributed by atoms with van der Waals surface area (Å²) >= 11 is 5.68. The first-order valence-corrected chi connectivity index (χ1v) is 21.1. The van der Waals surface area contributed by atoms with Gasteiger partial charge in [-0.1, -0.05) is 99.4 Å². The van der Waals surface area contributed by atoms with Crippen molar-refractivity contribution in [1.82, 2.24) is 4.98 Å². The van der Waals surface area contributed by atoms with E-state index in [1.807, 2.05) is 81.7 Å². The minimum atomic E-state index is -0.337. The quantitative estimate of drug-likeness (QED) is 0.0846. The molecule has 1 radical (unpaired) electrons. The van der Waals surface area contributed by atoms with Gasteiger partial charge in [0, 0.05) is 63.9 Å². The zero-order valence-electron chi connectivity index (χ0n) is 33.1. The van der Waals surface area contributed by atoms with Gasteiger partial charge < -0.3 is 5.11 Å². The molecule has 0 amide bonds. The van der Waals surface area contributed by atoms with Gasteiger partial charge in [0.15, 0.2) is 5.78 Å². The van der Waals surface area contributed by atoms with Crippen LogP contribution >= 0.6 is 34.0 Å². The van der Waals surface area contributed by atoms with Crippen molar-refractivity contribution in [2.45, 2.75) is 121 Å². The van der Waals surface area contributed by atoms with Crippen molar-refractivity contribution >= 4 is 80.1 Å². The number of fused-ring (bicyclic) bond motifs is 6. The predicted molar refractivity (Wildman–Crippen MR) is 227 cm³/mol. The van der Waals surface area contributed by atoms with Crippen molar-refractivity contribution in [1.29, 1.82) is 0 Å². The van der Waals surface area contributed by atoms with Crippen LogP contribution in [0.4, 0.5) is 0 Å². The molecule has 0 fully saturated rings. The number of hydrogen-bond acceptors (Lipinski definition) is 6. The average molecular weight is 931 g/mol. The number of aryl methyl sites for hydroxylation is 1. The molecule has 3 nitrogen and oxygen atoms in total. The van der Waals surface area contributed by atoms with Crippen LogP contribution in [0.2, 0.25) is 0 Å². The van der Waals surface area contributed by atoms with Gasteiger partial charge in [-0.3, -0.25) is 9.78 Å². The van der Waals surface area contributed by atoms with E-state index in [9.17, 15) is 9.90 Å². The molecule has 6 rings (SSSR count). The van der Waals surface area contributed by atoms with Gasteiger partial charge in [0.25, 0.3) is 0 Å². The van der Waals surface area contributed by atoms with Gasteiger partial charge in [0.1, 0.15) is 5.76 Å². The number of nitrogens with zero attached hydrogens (tertiary/aromatic N) is 1. The van der Waals surface area contributed by atoms with Crippen LogP contribution in [0.5, 0.6) is 0 Å². The second-order valence-electron chi connectivity index (χ2n) is 16.1. The molecule has 4 heterocycles. The van der Waals surface area contributed by atoms with Crippen LogP contribution < -0.4 is 0 Å². The van der Waals surface area contributed by atoms with Crippen molar-refractivity contribution in [3.8, 4) is 11.3 Å². The van der Waals surface area contributed by atoms with E-state index in [-0.39, 0.29) is 47.9 Å². The number of rotatable bonds is 10. The molecule has 1 N–H and O–H groups in total. The van der Waals surface area contributed by atoms with E-state index in [1.165, 1.54) is 62.4 Å². The van der Waals surface area contributed by atoms with Crippen LogP contribution in [0.25, 0.3) is 51.6 Å². The summed E-state index contributed by atoms with van der Waals surface area (Å²) in [6.45, 7) is 25.9. The van der Waals surface area contributed by atoms with Gasteiger partial charge in [-0.25, -0.2) is 0 Å². The van der Waals surface area contributed by atoms with Crippen LogP contribution in [0.1, 0.15) is 118 Å². The molecule has 2 aromatic carbocycles. The number of aliphatic hydroxyl groups excluding tert-OH is 1. The number of thiophene rings is 3. The molecule has 0 aliphatic rings. The summed E-state index contributed by atoms with van der Waals surface area (Å²) in [5, 5.41) is 17.6. The topological polar surface area (TPSA) is 50.2 Å². The first-order chi connectivity index (χ1) is 24.0. The summed E-state index contributed by atoms with van der Waals surface area (Å²) in [5.41, 5.74) is 4.52. The van der Waals surface area contributed by atoms with Crippen molar-refractivity contribution in [2.75, 3.05) is 0 Å². The molecule has 0 bridgehead atoms. The van der Waals surface area contributed by atoms with Gasteiger partial charge in [-0.05, 0) is 82.8 Å². The summed E-state index contributed by atoms with van der Waals surface area (Å²) in [6.07, 6.45) is 7.87. The number of allylic oxidation sites excluding steroid dienone is 2. The second-order valence-corrected chi connectivity index (χ2v) is 19.3. The molecule has 0 aliphatic carbocycles. The first kappa shape index (κ1) is 42.3. The molecule has 0 atom stereocenters. The Morgan fingerprint density at radius 1 is 0.846 bits per heavy atom. The van der Waals surface area contributed by atoms with Crippen LogP contribution in [-0.4, -0.2) is 15.9 Å². The molecule has 52 heavy (non-hydrogen) atoms. The van der Waals surface area contributed by atoms with Crippen LogP contribution in [0.3, 0.4) is 0 Å². The molecule has 281 valence electrons. The number of carbonyl (C=O) groups excluding carboxylic acids is 1.